The maximum absolute atomic E-state index is 10.7. The number of hydrogen-bond donors (Lipinski definition) is 2. The van der Waals surface area contributed by atoms with Crippen molar-refractivity contribution in [3.05, 3.63) is 22.7 Å². The van der Waals surface area contributed by atoms with Gasteiger partial charge in [-0.3, -0.25) is 4.79 Å². The summed E-state index contributed by atoms with van der Waals surface area (Å²) < 4.78 is 2.94. The summed E-state index contributed by atoms with van der Waals surface area (Å²) in [4.78, 5) is 15.0. The zero-order chi connectivity index (χ0) is 13.1. The molecular formula is C12H15BrN4O. The maximum atomic E-state index is 10.7. The molecule has 4 N–H and O–H groups in total. The maximum Gasteiger partial charge on any atom is 0.217 e. The number of imidazole rings is 1. The van der Waals surface area contributed by atoms with Gasteiger partial charge >= 0.3 is 0 Å². The van der Waals surface area contributed by atoms with Crippen LogP contribution in [0.15, 0.2) is 22.7 Å². The number of nitrogens with two attached hydrogens (primary N) is 2. The third kappa shape index (κ3) is 2.81. The molecule has 0 bridgehead atoms. The monoisotopic (exact) mass is 310 g/mol. The van der Waals surface area contributed by atoms with Crippen molar-refractivity contribution < 1.29 is 4.79 Å². The second-order valence-corrected chi connectivity index (χ2v) is 5.09. The van der Waals surface area contributed by atoms with Crippen LogP contribution in [0.4, 0.5) is 5.95 Å². The number of carbonyl (C=O) groups is 1. The van der Waals surface area contributed by atoms with E-state index >= 15 is 0 Å². The highest BCUT2D eigenvalue weighted by molar-refractivity contribution is 9.10. The Labute approximate surface area is 113 Å². The number of anilines is 1. The molecule has 2 rings (SSSR count). The Morgan fingerprint density at radius 2 is 2.17 bits per heavy atom. The van der Waals surface area contributed by atoms with Crippen molar-refractivity contribution in [2.75, 3.05) is 5.73 Å². The molecule has 0 radical (unpaired) electrons. The van der Waals surface area contributed by atoms with Crippen molar-refractivity contribution in [1.29, 1.82) is 0 Å². The van der Waals surface area contributed by atoms with Crippen LogP contribution < -0.4 is 11.5 Å². The molecule has 0 saturated heterocycles. The van der Waals surface area contributed by atoms with Crippen LogP contribution in [0.25, 0.3) is 11.0 Å². The van der Waals surface area contributed by atoms with E-state index < -0.39 is 0 Å². The van der Waals surface area contributed by atoms with Crippen LogP contribution in [-0.2, 0) is 11.3 Å². The van der Waals surface area contributed by atoms with E-state index in [0.29, 0.717) is 12.4 Å². The number of hydrogen-bond acceptors (Lipinski definition) is 3. The molecule has 6 heteroatoms. The van der Waals surface area contributed by atoms with Gasteiger partial charge < -0.3 is 16.0 Å². The number of amides is 1. The van der Waals surface area contributed by atoms with Gasteiger partial charge in [-0.1, -0.05) is 15.9 Å². The first-order valence-electron chi connectivity index (χ1n) is 5.77. The van der Waals surface area contributed by atoms with Crippen LogP contribution >= 0.6 is 15.9 Å². The van der Waals surface area contributed by atoms with Gasteiger partial charge in [-0.25, -0.2) is 4.98 Å². The summed E-state index contributed by atoms with van der Waals surface area (Å²) in [5.41, 5.74) is 12.9. The highest BCUT2D eigenvalue weighted by Crippen LogP contribution is 2.22. The zero-order valence-electron chi connectivity index (χ0n) is 9.90. The molecule has 96 valence electrons. The summed E-state index contributed by atoms with van der Waals surface area (Å²) in [7, 11) is 0. The SMILES string of the molecule is NC(=O)CCCCn1c(N)nc2cc(Br)ccc21. The first kappa shape index (κ1) is 12.9. The van der Waals surface area contributed by atoms with Gasteiger partial charge in [0.2, 0.25) is 11.9 Å². The van der Waals surface area contributed by atoms with Gasteiger partial charge in [-0.2, -0.15) is 0 Å². The molecular weight excluding hydrogens is 296 g/mol. The minimum atomic E-state index is -0.262. The number of fused-ring (bicyclic) bond motifs is 1. The molecule has 0 atom stereocenters. The molecule has 2 aromatic rings. The predicted octanol–water partition coefficient (Wildman–Crippen LogP) is 2.04. The van der Waals surface area contributed by atoms with Crippen LogP contribution in [0.5, 0.6) is 0 Å². The predicted molar refractivity (Wildman–Crippen MR) is 74.9 cm³/mol. The van der Waals surface area contributed by atoms with E-state index in [0.717, 1.165) is 34.9 Å². The molecule has 0 aliphatic heterocycles. The molecule has 0 saturated carbocycles. The molecule has 18 heavy (non-hydrogen) atoms. The molecule has 1 aromatic heterocycles. The van der Waals surface area contributed by atoms with Crippen LogP contribution in [-0.4, -0.2) is 15.5 Å². The fourth-order valence-electron chi connectivity index (χ4n) is 1.93. The number of nitrogen functional groups attached to an aromatic ring is 1. The van der Waals surface area contributed by atoms with Crippen LogP contribution in [0, 0.1) is 0 Å². The lowest BCUT2D eigenvalue weighted by atomic mass is 10.2. The lowest BCUT2D eigenvalue weighted by Crippen LogP contribution is -2.10. The first-order valence-corrected chi connectivity index (χ1v) is 6.57. The molecule has 5 nitrogen and oxygen atoms in total. The first-order chi connectivity index (χ1) is 8.58. The van der Waals surface area contributed by atoms with Gasteiger partial charge in [-0.15, -0.1) is 0 Å². The van der Waals surface area contributed by atoms with E-state index in [1.807, 2.05) is 22.8 Å². The smallest absolute Gasteiger partial charge is 0.217 e. The van der Waals surface area contributed by atoms with E-state index in [-0.39, 0.29) is 5.91 Å². The molecule has 0 spiro atoms. The molecule has 0 aliphatic rings. The third-order valence-electron chi connectivity index (χ3n) is 2.79. The van der Waals surface area contributed by atoms with Crippen molar-refractivity contribution in [2.45, 2.75) is 25.8 Å². The average molecular weight is 311 g/mol. The minimum absolute atomic E-state index is 0.262. The Hall–Kier alpha value is -1.56. The lowest BCUT2D eigenvalue weighted by Gasteiger charge is -2.05. The quantitative estimate of drug-likeness (QED) is 0.828. The van der Waals surface area contributed by atoms with E-state index in [9.17, 15) is 4.79 Å². The number of aryl methyl sites for hydroxylation is 1. The standard InChI is InChI=1S/C12H15BrN4O/c13-8-4-5-10-9(7-8)16-12(15)17(10)6-2-1-3-11(14)18/h4-5,7H,1-3,6H2,(H2,14,18)(H2,15,16). The number of rotatable bonds is 5. The fourth-order valence-corrected chi connectivity index (χ4v) is 2.27. The van der Waals surface area contributed by atoms with Crippen LogP contribution in [0.3, 0.4) is 0 Å². The molecule has 1 heterocycles. The molecule has 1 amide bonds. The van der Waals surface area contributed by atoms with Gasteiger partial charge in [0.15, 0.2) is 0 Å². The summed E-state index contributed by atoms with van der Waals surface area (Å²) in [5, 5.41) is 0. The fraction of sp³-hybridized carbons (Fsp3) is 0.333. The molecule has 0 unspecified atom stereocenters. The normalized spacial score (nSPS) is 10.9. The highest BCUT2D eigenvalue weighted by atomic mass is 79.9. The number of halogens is 1. The summed E-state index contributed by atoms with van der Waals surface area (Å²) >= 11 is 3.40. The van der Waals surface area contributed by atoms with E-state index in [4.69, 9.17) is 11.5 Å². The summed E-state index contributed by atoms with van der Waals surface area (Å²) in [5.74, 6) is 0.240. The van der Waals surface area contributed by atoms with Gasteiger partial charge in [-0.05, 0) is 31.0 Å². The summed E-state index contributed by atoms with van der Waals surface area (Å²) in [6.07, 6.45) is 2.04. The number of benzene rings is 1. The summed E-state index contributed by atoms with van der Waals surface area (Å²) in [6.45, 7) is 0.747. The lowest BCUT2D eigenvalue weighted by molar-refractivity contribution is -0.118. The minimum Gasteiger partial charge on any atom is -0.370 e. The molecule has 1 aromatic carbocycles. The Kier molecular flexibility index (Phi) is 3.86. The number of aromatic nitrogens is 2. The number of carbonyl (C=O) groups excluding carboxylic acids is 1. The highest BCUT2D eigenvalue weighted by Gasteiger charge is 2.08. The van der Waals surface area contributed by atoms with Crippen molar-refractivity contribution in [3.63, 3.8) is 0 Å². The van der Waals surface area contributed by atoms with Gasteiger partial charge in [0, 0.05) is 17.4 Å². The molecule has 0 aliphatic carbocycles. The van der Waals surface area contributed by atoms with Crippen molar-refractivity contribution in [1.82, 2.24) is 9.55 Å². The van der Waals surface area contributed by atoms with Gasteiger partial charge in [0.05, 0.1) is 11.0 Å². The Morgan fingerprint density at radius 3 is 2.89 bits per heavy atom. The van der Waals surface area contributed by atoms with Crippen LogP contribution in [0.1, 0.15) is 19.3 Å². The Morgan fingerprint density at radius 1 is 1.39 bits per heavy atom. The van der Waals surface area contributed by atoms with Gasteiger partial charge in [0.1, 0.15) is 0 Å². The second-order valence-electron chi connectivity index (χ2n) is 4.18. The van der Waals surface area contributed by atoms with E-state index in [1.165, 1.54) is 0 Å². The van der Waals surface area contributed by atoms with Crippen molar-refractivity contribution >= 4 is 38.8 Å². The topological polar surface area (TPSA) is 86.9 Å². The number of primary amides is 1. The van der Waals surface area contributed by atoms with Gasteiger partial charge in [0.25, 0.3) is 0 Å². The third-order valence-corrected chi connectivity index (χ3v) is 3.29. The van der Waals surface area contributed by atoms with Crippen molar-refractivity contribution in [2.24, 2.45) is 5.73 Å². The van der Waals surface area contributed by atoms with Crippen molar-refractivity contribution in [3.8, 4) is 0 Å². The van der Waals surface area contributed by atoms with E-state index in [1.54, 1.807) is 0 Å². The zero-order valence-corrected chi connectivity index (χ0v) is 11.5. The Bertz CT molecular complexity index is 579. The second kappa shape index (κ2) is 5.39. The number of unbranched alkanes of at least 4 members (excludes halogenated alkanes) is 1. The number of nitrogens with zero attached hydrogens (tertiary/aromatic N) is 2. The average Bonchev–Trinajstić information content (AvgIpc) is 2.59. The molecule has 0 fully saturated rings. The van der Waals surface area contributed by atoms with E-state index in [2.05, 4.69) is 20.9 Å². The Balaban J connectivity index is 2.12. The largest absolute Gasteiger partial charge is 0.370 e. The summed E-state index contributed by atoms with van der Waals surface area (Å²) in [6, 6.07) is 5.88. The van der Waals surface area contributed by atoms with Crippen LogP contribution in [0.2, 0.25) is 0 Å².